The van der Waals surface area contributed by atoms with Gasteiger partial charge in [-0.3, -0.25) is 15.0 Å². The Morgan fingerprint density at radius 1 is 1.00 bits per heavy atom. The predicted molar refractivity (Wildman–Crippen MR) is 37.1 cm³/mol. The molecule has 1 aromatic heterocycles. The van der Waals surface area contributed by atoms with E-state index in [4.69, 9.17) is 15.3 Å². The summed E-state index contributed by atoms with van der Waals surface area (Å²) in [5, 5.41) is 13.6. The van der Waals surface area contributed by atoms with Crippen molar-refractivity contribution in [1.29, 1.82) is 0 Å². The summed E-state index contributed by atoms with van der Waals surface area (Å²) in [6.07, 6.45) is 0. The zero-order valence-corrected chi connectivity index (χ0v) is 5.94. The van der Waals surface area contributed by atoms with Crippen molar-refractivity contribution >= 4 is 0 Å². The molecule has 0 unspecified atom stereocenters. The van der Waals surface area contributed by atoms with Crippen LogP contribution in [-0.4, -0.2) is 25.2 Å². The van der Waals surface area contributed by atoms with Gasteiger partial charge in [-0.25, -0.2) is 14.4 Å². The molecule has 1 rings (SSSR count). The Labute approximate surface area is 68.0 Å². The number of aromatic nitrogens is 3. The molecule has 0 spiro atoms. The molecule has 0 saturated heterocycles. The summed E-state index contributed by atoms with van der Waals surface area (Å²) >= 11 is 0. The highest BCUT2D eigenvalue weighted by molar-refractivity contribution is 4.60. The second-order valence-corrected chi connectivity index (χ2v) is 1.60. The number of nitrogens with one attached hydrogen (secondary N) is 3. The minimum atomic E-state index is -1.50. The van der Waals surface area contributed by atoms with E-state index in [2.05, 4.69) is 0 Å². The first-order valence-electron chi connectivity index (χ1n) is 2.68. The monoisotopic (exact) mass is 192 g/mol. The third-order valence-electron chi connectivity index (χ3n) is 0.681. The highest BCUT2D eigenvalue weighted by Gasteiger charge is 1.85. The van der Waals surface area contributed by atoms with E-state index in [1.807, 2.05) is 0 Å². The highest BCUT2D eigenvalue weighted by Crippen LogP contribution is 1.38. The van der Waals surface area contributed by atoms with E-state index in [0.29, 0.717) is 0 Å². The second kappa shape index (κ2) is 4.48. The lowest BCUT2D eigenvalue weighted by atomic mass is 11.0. The first-order valence-corrected chi connectivity index (χ1v) is 2.68. The van der Waals surface area contributed by atoms with Crippen LogP contribution in [0.3, 0.4) is 0 Å². The van der Waals surface area contributed by atoms with E-state index in [0.717, 1.165) is 0 Å². The van der Waals surface area contributed by atoms with E-state index >= 15 is 0 Å². The Hall–Kier alpha value is -2.39. The molecule has 0 radical (unpaired) electrons. The molecular formula is C3H4N4O6. The van der Waals surface area contributed by atoms with Gasteiger partial charge in [0.15, 0.2) is 0 Å². The molecule has 0 aromatic carbocycles. The largest absolute Gasteiger partial charge is 0.330 e. The molecule has 0 aliphatic heterocycles. The van der Waals surface area contributed by atoms with Gasteiger partial charge in [0.2, 0.25) is 0 Å². The van der Waals surface area contributed by atoms with Crippen LogP contribution in [0, 0.1) is 10.1 Å². The molecule has 0 fully saturated rings. The number of H-pyrrole nitrogens is 3. The quantitative estimate of drug-likeness (QED) is 0.260. The fourth-order valence-electron chi connectivity index (χ4n) is 0.403. The molecule has 0 aliphatic carbocycles. The van der Waals surface area contributed by atoms with Crippen LogP contribution in [0.25, 0.3) is 0 Å². The molecule has 13 heavy (non-hydrogen) atoms. The lowest BCUT2D eigenvalue weighted by molar-refractivity contribution is -0.742. The van der Waals surface area contributed by atoms with Gasteiger partial charge >= 0.3 is 17.1 Å². The number of hydrogen-bond donors (Lipinski definition) is 4. The Balaban J connectivity index is 0.000000310. The van der Waals surface area contributed by atoms with Crippen molar-refractivity contribution in [3.05, 3.63) is 41.6 Å². The fraction of sp³-hybridized carbons (Fsp3) is 0. The Kier molecular flexibility index (Phi) is 3.66. The molecule has 0 saturated carbocycles. The molecule has 1 aromatic rings. The van der Waals surface area contributed by atoms with Crippen molar-refractivity contribution in [2.45, 2.75) is 0 Å². The maximum absolute atomic E-state index is 10.2. The molecule has 4 N–H and O–H groups in total. The molecule has 0 amide bonds. The molecule has 10 nitrogen and oxygen atoms in total. The number of rotatable bonds is 0. The summed E-state index contributed by atoms with van der Waals surface area (Å²) < 4.78 is 0. The maximum Gasteiger partial charge on any atom is 0.330 e. The molecule has 0 atom stereocenters. The molecule has 72 valence electrons. The smallest absolute Gasteiger partial charge is 0.328 e. The van der Waals surface area contributed by atoms with Gasteiger partial charge in [-0.05, 0) is 0 Å². The average molecular weight is 192 g/mol. The van der Waals surface area contributed by atoms with Gasteiger partial charge in [0.1, 0.15) is 0 Å². The minimum absolute atomic E-state index is 0.802. The van der Waals surface area contributed by atoms with Crippen LogP contribution in [0.15, 0.2) is 14.4 Å². The summed E-state index contributed by atoms with van der Waals surface area (Å²) in [4.78, 5) is 44.3. The van der Waals surface area contributed by atoms with Crippen molar-refractivity contribution in [2.75, 3.05) is 0 Å². The van der Waals surface area contributed by atoms with Gasteiger partial charge in [-0.1, -0.05) is 0 Å². The van der Waals surface area contributed by atoms with E-state index in [-0.39, 0.29) is 0 Å². The lowest BCUT2D eigenvalue weighted by Crippen LogP contribution is -2.34. The summed E-state index contributed by atoms with van der Waals surface area (Å²) in [5.41, 5.74) is -2.41. The van der Waals surface area contributed by atoms with Gasteiger partial charge in [0, 0.05) is 0 Å². The standard InChI is InChI=1S/C3H3N3O3.HNO3/c7-1-4-2(8)6-3(9)5-1;2-1(3)4/h(H3,4,5,6,7,8,9);(H,2,3,4). The van der Waals surface area contributed by atoms with Crippen LogP contribution < -0.4 is 17.1 Å². The van der Waals surface area contributed by atoms with E-state index < -0.39 is 22.2 Å². The summed E-state index contributed by atoms with van der Waals surface area (Å²) in [7, 11) is 0. The van der Waals surface area contributed by atoms with Gasteiger partial charge < -0.3 is 5.21 Å². The SMILES string of the molecule is O=[N+]([O-])O.O=c1[nH]c(=O)[nH]c(=O)[nH]1. The summed E-state index contributed by atoms with van der Waals surface area (Å²) in [6, 6.07) is 0. The van der Waals surface area contributed by atoms with Crippen molar-refractivity contribution < 1.29 is 10.3 Å². The molecule has 1 heterocycles. The average Bonchev–Trinajstić information content (AvgIpc) is 1.80. The zero-order valence-electron chi connectivity index (χ0n) is 5.94. The van der Waals surface area contributed by atoms with Crippen LogP contribution in [0.2, 0.25) is 0 Å². The summed E-state index contributed by atoms with van der Waals surface area (Å²) in [5.74, 6) is 0. The fourth-order valence-corrected chi connectivity index (χ4v) is 0.403. The number of aromatic amines is 3. The van der Waals surface area contributed by atoms with Crippen molar-refractivity contribution in [3.8, 4) is 0 Å². The summed E-state index contributed by atoms with van der Waals surface area (Å²) in [6.45, 7) is 0. The molecular weight excluding hydrogens is 188 g/mol. The van der Waals surface area contributed by atoms with Crippen LogP contribution in [0.1, 0.15) is 0 Å². The number of hydrogen-bond acceptors (Lipinski definition) is 5. The Morgan fingerprint density at radius 3 is 1.31 bits per heavy atom. The predicted octanol–water partition coefficient (Wildman–Crippen LogP) is -2.60. The van der Waals surface area contributed by atoms with Crippen molar-refractivity contribution in [3.63, 3.8) is 0 Å². The Morgan fingerprint density at radius 2 is 1.15 bits per heavy atom. The van der Waals surface area contributed by atoms with E-state index in [1.54, 1.807) is 15.0 Å². The third-order valence-corrected chi connectivity index (χ3v) is 0.681. The van der Waals surface area contributed by atoms with Gasteiger partial charge in [-0.2, -0.15) is 0 Å². The van der Waals surface area contributed by atoms with E-state index in [1.165, 1.54) is 0 Å². The van der Waals surface area contributed by atoms with Gasteiger partial charge in [0.25, 0.3) is 5.09 Å². The first-order chi connectivity index (χ1) is 5.91. The normalized spacial score (nSPS) is 8.31. The minimum Gasteiger partial charge on any atom is -0.328 e. The van der Waals surface area contributed by atoms with Crippen molar-refractivity contribution in [1.82, 2.24) is 15.0 Å². The molecule has 0 bridgehead atoms. The van der Waals surface area contributed by atoms with E-state index in [9.17, 15) is 14.4 Å². The van der Waals surface area contributed by atoms with Crippen LogP contribution in [0.4, 0.5) is 0 Å². The Bertz CT molecular complexity index is 355. The van der Waals surface area contributed by atoms with Gasteiger partial charge in [0.05, 0.1) is 0 Å². The molecule has 0 aliphatic rings. The van der Waals surface area contributed by atoms with Crippen LogP contribution in [-0.2, 0) is 0 Å². The molecule has 10 heteroatoms. The first kappa shape index (κ1) is 10.6. The van der Waals surface area contributed by atoms with Crippen LogP contribution >= 0.6 is 0 Å². The van der Waals surface area contributed by atoms with Crippen molar-refractivity contribution in [2.24, 2.45) is 0 Å². The van der Waals surface area contributed by atoms with Crippen LogP contribution in [0.5, 0.6) is 0 Å². The second-order valence-electron chi connectivity index (χ2n) is 1.60. The maximum atomic E-state index is 10.2. The lowest BCUT2D eigenvalue weighted by Gasteiger charge is -1.77. The number of nitrogens with zero attached hydrogens (tertiary/aromatic N) is 1. The third kappa shape index (κ3) is 6.03. The highest BCUT2D eigenvalue weighted by atomic mass is 16.9. The van der Waals surface area contributed by atoms with Gasteiger partial charge in [-0.15, -0.1) is 10.1 Å². The topological polar surface area (TPSA) is 162 Å². The zero-order chi connectivity index (χ0) is 10.4.